The minimum Gasteiger partial charge on any atom is -0.489 e. The third-order valence-electron chi connectivity index (χ3n) is 4.70. The summed E-state index contributed by atoms with van der Waals surface area (Å²) in [4.78, 5) is 6.94. The Balaban J connectivity index is 1.53. The van der Waals surface area contributed by atoms with E-state index in [9.17, 15) is 4.39 Å². The number of ether oxygens (including phenoxy) is 2. The number of para-hydroxylation sites is 1. The van der Waals surface area contributed by atoms with Gasteiger partial charge in [0.1, 0.15) is 6.61 Å². The van der Waals surface area contributed by atoms with Crippen LogP contribution >= 0.6 is 0 Å². The van der Waals surface area contributed by atoms with Gasteiger partial charge < -0.3 is 19.7 Å². The predicted molar refractivity (Wildman–Crippen MR) is 91.9 cm³/mol. The third kappa shape index (κ3) is 3.98. The van der Waals surface area contributed by atoms with E-state index >= 15 is 0 Å². The average molecular weight is 335 g/mol. The van der Waals surface area contributed by atoms with Crippen molar-refractivity contribution in [2.45, 2.75) is 19.8 Å². The van der Waals surface area contributed by atoms with Gasteiger partial charge in [-0.1, -0.05) is 12.1 Å². The van der Waals surface area contributed by atoms with E-state index in [1.807, 2.05) is 0 Å². The van der Waals surface area contributed by atoms with Crippen molar-refractivity contribution in [3.05, 3.63) is 30.1 Å². The van der Waals surface area contributed by atoms with Crippen molar-refractivity contribution < 1.29 is 13.9 Å². The van der Waals surface area contributed by atoms with Gasteiger partial charge in [0.2, 0.25) is 0 Å². The number of nitrogens with zero attached hydrogens (tertiary/aromatic N) is 2. The lowest BCUT2D eigenvalue weighted by Gasteiger charge is -2.25. The summed E-state index contributed by atoms with van der Waals surface area (Å²) >= 11 is 0. The maximum absolute atomic E-state index is 13.5. The van der Waals surface area contributed by atoms with E-state index in [1.165, 1.54) is 6.07 Å². The molecule has 1 aromatic carbocycles. The first-order valence-electron chi connectivity index (χ1n) is 8.71. The van der Waals surface area contributed by atoms with Crippen LogP contribution in [-0.2, 0) is 4.74 Å². The number of guanidine groups is 1. The Kier molecular flexibility index (Phi) is 5.56. The molecule has 1 spiro atoms. The molecule has 2 aliphatic rings. The highest BCUT2D eigenvalue weighted by Crippen LogP contribution is 2.38. The molecule has 6 heteroatoms. The maximum atomic E-state index is 13.5. The van der Waals surface area contributed by atoms with Crippen molar-refractivity contribution >= 4 is 5.96 Å². The van der Waals surface area contributed by atoms with Gasteiger partial charge in [0.25, 0.3) is 0 Å². The van der Waals surface area contributed by atoms with Crippen LogP contribution in [-0.4, -0.2) is 56.9 Å². The van der Waals surface area contributed by atoms with Crippen LogP contribution in [0.2, 0.25) is 0 Å². The van der Waals surface area contributed by atoms with Crippen LogP contribution < -0.4 is 10.1 Å². The minimum absolute atomic E-state index is 0.279. The van der Waals surface area contributed by atoms with E-state index in [4.69, 9.17) is 9.47 Å². The van der Waals surface area contributed by atoms with Gasteiger partial charge in [0, 0.05) is 31.7 Å². The number of hydrogen-bond donors (Lipinski definition) is 1. The van der Waals surface area contributed by atoms with E-state index in [2.05, 4.69) is 22.1 Å². The molecule has 0 bridgehead atoms. The van der Waals surface area contributed by atoms with E-state index in [0.717, 1.165) is 51.6 Å². The summed E-state index contributed by atoms with van der Waals surface area (Å²) < 4.78 is 24.6. The topological polar surface area (TPSA) is 46.1 Å². The molecule has 0 radical (unpaired) electrons. The van der Waals surface area contributed by atoms with Crippen molar-refractivity contribution in [1.82, 2.24) is 10.2 Å². The smallest absolute Gasteiger partial charge is 0.194 e. The Hall–Kier alpha value is -1.82. The lowest BCUT2D eigenvalue weighted by molar-refractivity contribution is 0.156. The van der Waals surface area contributed by atoms with Crippen molar-refractivity contribution in [1.29, 1.82) is 0 Å². The number of hydrogen-bond acceptors (Lipinski definition) is 3. The fourth-order valence-corrected chi connectivity index (χ4v) is 3.38. The molecule has 0 aliphatic carbocycles. The largest absolute Gasteiger partial charge is 0.489 e. The van der Waals surface area contributed by atoms with Crippen LogP contribution in [0.15, 0.2) is 29.3 Å². The second-order valence-corrected chi connectivity index (χ2v) is 6.49. The molecule has 3 rings (SSSR count). The van der Waals surface area contributed by atoms with E-state index in [1.54, 1.807) is 18.2 Å². The molecule has 0 aromatic heterocycles. The molecule has 2 saturated heterocycles. The second kappa shape index (κ2) is 7.83. The van der Waals surface area contributed by atoms with E-state index in [-0.39, 0.29) is 11.6 Å². The Morgan fingerprint density at radius 3 is 3.04 bits per heavy atom. The van der Waals surface area contributed by atoms with Crippen LogP contribution in [0.4, 0.5) is 4.39 Å². The number of aliphatic imine (C=N–C) groups is 1. The zero-order chi connectivity index (χ0) is 16.8. The van der Waals surface area contributed by atoms with Crippen molar-refractivity contribution in [2.24, 2.45) is 10.4 Å². The van der Waals surface area contributed by atoms with Gasteiger partial charge in [0.15, 0.2) is 17.5 Å². The van der Waals surface area contributed by atoms with Gasteiger partial charge in [-0.3, -0.25) is 0 Å². The van der Waals surface area contributed by atoms with Crippen molar-refractivity contribution in [3.63, 3.8) is 0 Å². The van der Waals surface area contributed by atoms with Crippen LogP contribution in [0.1, 0.15) is 19.8 Å². The molecular formula is C18H26FN3O2. The highest BCUT2D eigenvalue weighted by Gasteiger charge is 2.42. The first-order valence-corrected chi connectivity index (χ1v) is 8.71. The lowest BCUT2D eigenvalue weighted by atomic mass is 9.87. The van der Waals surface area contributed by atoms with Crippen LogP contribution in [0.25, 0.3) is 0 Å². The predicted octanol–water partition coefficient (Wildman–Crippen LogP) is 2.28. The fraction of sp³-hybridized carbons (Fsp3) is 0.611. The molecule has 1 unspecified atom stereocenters. The Bertz CT molecular complexity index is 573. The molecule has 5 nitrogen and oxygen atoms in total. The maximum Gasteiger partial charge on any atom is 0.194 e. The Labute approximate surface area is 142 Å². The van der Waals surface area contributed by atoms with Gasteiger partial charge in [0.05, 0.1) is 13.2 Å². The molecular weight excluding hydrogens is 309 g/mol. The standard InChI is InChI=1S/C18H26FN3O2/c1-2-20-17(22-10-7-18(13-22)8-11-23-14-18)21-9-12-24-16-6-4-3-5-15(16)19/h3-6H,2,7-14H2,1H3,(H,20,21). The van der Waals surface area contributed by atoms with E-state index in [0.29, 0.717) is 18.6 Å². The van der Waals surface area contributed by atoms with Crippen molar-refractivity contribution in [3.8, 4) is 5.75 Å². The lowest BCUT2D eigenvalue weighted by Crippen LogP contribution is -2.41. The summed E-state index contributed by atoms with van der Waals surface area (Å²) in [5, 5.41) is 3.35. The number of halogens is 1. The molecule has 24 heavy (non-hydrogen) atoms. The number of nitrogens with one attached hydrogen (secondary N) is 1. The van der Waals surface area contributed by atoms with Crippen molar-refractivity contribution in [2.75, 3.05) is 46.0 Å². The molecule has 2 heterocycles. The van der Waals surface area contributed by atoms with Gasteiger partial charge >= 0.3 is 0 Å². The summed E-state index contributed by atoms with van der Waals surface area (Å²) in [7, 11) is 0. The van der Waals surface area contributed by atoms with Crippen LogP contribution in [0.5, 0.6) is 5.75 Å². The van der Waals surface area contributed by atoms with Gasteiger partial charge in [-0.25, -0.2) is 9.38 Å². The molecule has 1 N–H and O–H groups in total. The van der Waals surface area contributed by atoms with Crippen LogP contribution in [0, 0.1) is 11.2 Å². The minimum atomic E-state index is -0.337. The molecule has 1 atom stereocenters. The molecule has 0 saturated carbocycles. The molecule has 2 aliphatic heterocycles. The summed E-state index contributed by atoms with van der Waals surface area (Å²) in [6.07, 6.45) is 2.29. The zero-order valence-corrected chi connectivity index (χ0v) is 14.3. The van der Waals surface area contributed by atoms with Gasteiger partial charge in [-0.05, 0) is 31.9 Å². The third-order valence-corrected chi connectivity index (χ3v) is 4.70. The fourth-order valence-electron chi connectivity index (χ4n) is 3.38. The summed E-state index contributed by atoms with van der Waals surface area (Å²) in [6, 6.07) is 6.45. The highest BCUT2D eigenvalue weighted by molar-refractivity contribution is 5.80. The molecule has 0 amide bonds. The van der Waals surface area contributed by atoms with Gasteiger partial charge in [-0.2, -0.15) is 0 Å². The first kappa shape index (κ1) is 17.0. The zero-order valence-electron chi connectivity index (χ0n) is 14.3. The first-order chi connectivity index (χ1) is 11.7. The number of likely N-dealkylation sites (tertiary alicyclic amines) is 1. The van der Waals surface area contributed by atoms with Crippen LogP contribution in [0.3, 0.4) is 0 Å². The summed E-state index contributed by atoms with van der Waals surface area (Å²) in [5.74, 6) is 0.857. The van der Waals surface area contributed by atoms with E-state index < -0.39 is 0 Å². The number of rotatable bonds is 5. The molecule has 132 valence electrons. The monoisotopic (exact) mass is 335 g/mol. The Morgan fingerprint density at radius 2 is 2.29 bits per heavy atom. The molecule has 2 fully saturated rings. The Morgan fingerprint density at radius 1 is 1.42 bits per heavy atom. The normalized spacial score (nSPS) is 23.9. The highest BCUT2D eigenvalue weighted by atomic mass is 19.1. The SMILES string of the molecule is CCNC(=NCCOc1ccccc1F)N1CCC2(CCOC2)C1. The quantitative estimate of drug-likeness (QED) is 0.509. The summed E-state index contributed by atoms with van der Waals surface area (Å²) in [5.41, 5.74) is 0.305. The number of benzene rings is 1. The average Bonchev–Trinajstić information content (AvgIpc) is 3.22. The summed E-state index contributed by atoms with van der Waals surface area (Å²) in [6.45, 7) is 7.48. The molecule has 1 aromatic rings. The van der Waals surface area contributed by atoms with Gasteiger partial charge in [-0.15, -0.1) is 0 Å². The second-order valence-electron chi connectivity index (χ2n) is 6.49.